The van der Waals surface area contributed by atoms with Crippen molar-refractivity contribution in [3.63, 3.8) is 0 Å². The lowest BCUT2D eigenvalue weighted by Crippen LogP contribution is -2.04. The van der Waals surface area contributed by atoms with Crippen LogP contribution in [0.15, 0.2) is 12.4 Å². The Kier molecular flexibility index (Phi) is 3.67. The Morgan fingerprint density at radius 3 is 2.47 bits per heavy atom. The van der Waals surface area contributed by atoms with E-state index in [1.54, 1.807) is 0 Å². The van der Waals surface area contributed by atoms with Crippen LogP contribution in [0.2, 0.25) is 0 Å². The van der Waals surface area contributed by atoms with Gasteiger partial charge >= 0.3 is 0 Å². The zero-order valence-corrected chi connectivity index (χ0v) is 9.15. The Morgan fingerprint density at radius 2 is 1.87 bits per heavy atom. The van der Waals surface area contributed by atoms with E-state index < -0.39 is 0 Å². The summed E-state index contributed by atoms with van der Waals surface area (Å²) in [5.41, 5.74) is 6.77. The molecule has 0 saturated heterocycles. The van der Waals surface area contributed by atoms with Crippen molar-refractivity contribution in [1.29, 1.82) is 0 Å². The molecule has 2 N–H and O–H groups in total. The number of nitrogens with two attached hydrogens (primary N) is 1. The summed E-state index contributed by atoms with van der Waals surface area (Å²) >= 11 is 0. The highest BCUT2D eigenvalue weighted by Crippen LogP contribution is 2.33. The second-order valence-corrected chi connectivity index (χ2v) is 4.31. The van der Waals surface area contributed by atoms with E-state index in [2.05, 4.69) is 9.97 Å². The molecule has 0 amide bonds. The van der Waals surface area contributed by atoms with Crippen LogP contribution in [0.5, 0.6) is 0 Å². The van der Waals surface area contributed by atoms with Gasteiger partial charge in [-0.25, -0.2) is 9.97 Å². The molecule has 15 heavy (non-hydrogen) atoms. The summed E-state index contributed by atoms with van der Waals surface area (Å²) in [4.78, 5) is 8.79. The van der Waals surface area contributed by atoms with E-state index in [-0.39, 0.29) is 0 Å². The van der Waals surface area contributed by atoms with Gasteiger partial charge in [0, 0.05) is 18.8 Å². The first-order valence-electron chi connectivity index (χ1n) is 5.91. The third-order valence-electron chi connectivity index (χ3n) is 3.16. The van der Waals surface area contributed by atoms with Crippen molar-refractivity contribution in [3.8, 4) is 0 Å². The molecule has 1 heterocycles. The van der Waals surface area contributed by atoms with Crippen LogP contribution in [0.25, 0.3) is 0 Å². The Morgan fingerprint density at radius 1 is 1.20 bits per heavy atom. The molecule has 3 heteroatoms. The summed E-state index contributed by atoms with van der Waals surface area (Å²) in [5, 5.41) is 0. The van der Waals surface area contributed by atoms with Crippen LogP contribution in [0.4, 0.5) is 0 Å². The fraction of sp³-hybridized carbons (Fsp3) is 0.667. The van der Waals surface area contributed by atoms with Crippen LogP contribution in [0.1, 0.15) is 49.4 Å². The average molecular weight is 205 g/mol. The highest BCUT2D eigenvalue weighted by molar-refractivity contribution is 5.13. The summed E-state index contributed by atoms with van der Waals surface area (Å²) in [7, 11) is 0. The fourth-order valence-corrected chi connectivity index (χ4v) is 2.22. The SMILES string of the molecule is NCCCc1ncc(C2CCCC2)cn1. The monoisotopic (exact) mass is 205 g/mol. The van der Waals surface area contributed by atoms with E-state index in [1.807, 2.05) is 12.4 Å². The Bertz CT molecular complexity index is 288. The number of hydrogen-bond donors (Lipinski definition) is 1. The normalized spacial score (nSPS) is 17.1. The molecule has 2 rings (SSSR count). The second kappa shape index (κ2) is 5.21. The molecule has 1 saturated carbocycles. The smallest absolute Gasteiger partial charge is 0.128 e. The maximum absolute atomic E-state index is 5.45. The van der Waals surface area contributed by atoms with Crippen molar-refractivity contribution in [1.82, 2.24) is 9.97 Å². The van der Waals surface area contributed by atoms with Crippen molar-refractivity contribution in [3.05, 3.63) is 23.8 Å². The van der Waals surface area contributed by atoms with Crippen molar-refractivity contribution in [2.45, 2.75) is 44.4 Å². The molecule has 82 valence electrons. The average Bonchev–Trinajstić information content (AvgIpc) is 2.80. The highest BCUT2D eigenvalue weighted by atomic mass is 14.9. The van der Waals surface area contributed by atoms with Crippen molar-refractivity contribution in [2.24, 2.45) is 5.73 Å². The Hall–Kier alpha value is -0.960. The first kappa shape index (κ1) is 10.6. The molecule has 0 unspecified atom stereocenters. The number of nitrogens with zero attached hydrogens (tertiary/aromatic N) is 2. The molecule has 0 atom stereocenters. The van der Waals surface area contributed by atoms with Crippen molar-refractivity contribution in [2.75, 3.05) is 6.54 Å². The van der Waals surface area contributed by atoms with Gasteiger partial charge in [-0.05, 0) is 37.3 Å². The number of aromatic nitrogens is 2. The quantitative estimate of drug-likeness (QED) is 0.818. The van der Waals surface area contributed by atoms with E-state index in [9.17, 15) is 0 Å². The molecular formula is C12H19N3. The molecule has 0 spiro atoms. The molecule has 0 radical (unpaired) electrons. The lowest BCUT2D eigenvalue weighted by Gasteiger charge is -2.08. The molecular weight excluding hydrogens is 186 g/mol. The van der Waals surface area contributed by atoms with E-state index in [4.69, 9.17) is 5.73 Å². The zero-order chi connectivity index (χ0) is 10.5. The van der Waals surface area contributed by atoms with E-state index in [1.165, 1.54) is 31.2 Å². The maximum Gasteiger partial charge on any atom is 0.128 e. The summed E-state index contributed by atoms with van der Waals surface area (Å²) in [6, 6.07) is 0. The van der Waals surface area contributed by atoms with Crippen LogP contribution in [-0.4, -0.2) is 16.5 Å². The molecule has 0 bridgehead atoms. The molecule has 0 aliphatic heterocycles. The molecule has 1 fully saturated rings. The summed E-state index contributed by atoms with van der Waals surface area (Å²) < 4.78 is 0. The first-order chi connectivity index (χ1) is 7.40. The predicted octanol–water partition coefficient (Wildman–Crippen LogP) is 2.03. The van der Waals surface area contributed by atoms with Crippen LogP contribution in [-0.2, 0) is 6.42 Å². The second-order valence-electron chi connectivity index (χ2n) is 4.31. The first-order valence-corrected chi connectivity index (χ1v) is 5.91. The summed E-state index contributed by atoms with van der Waals surface area (Å²) in [6.07, 6.45) is 11.2. The zero-order valence-electron chi connectivity index (χ0n) is 9.15. The fourth-order valence-electron chi connectivity index (χ4n) is 2.22. The molecule has 1 aliphatic carbocycles. The summed E-state index contributed by atoms with van der Waals surface area (Å²) in [6.45, 7) is 0.716. The van der Waals surface area contributed by atoms with Crippen LogP contribution >= 0.6 is 0 Å². The number of aryl methyl sites for hydroxylation is 1. The van der Waals surface area contributed by atoms with Gasteiger partial charge in [-0.15, -0.1) is 0 Å². The number of hydrogen-bond acceptors (Lipinski definition) is 3. The topological polar surface area (TPSA) is 51.8 Å². The Balaban J connectivity index is 1.96. The molecule has 3 nitrogen and oxygen atoms in total. The lowest BCUT2D eigenvalue weighted by atomic mass is 10.0. The van der Waals surface area contributed by atoms with Gasteiger partial charge in [-0.2, -0.15) is 0 Å². The predicted molar refractivity (Wildman–Crippen MR) is 60.6 cm³/mol. The minimum Gasteiger partial charge on any atom is -0.330 e. The van der Waals surface area contributed by atoms with Gasteiger partial charge in [0.2, 0.25) is 0 Å². The van der Waals surface area contributed by atoms with Gasteiger partial charge in [0.1, 0.15) is 5.82 Å². The minimum atomic E-state index is 0.716. The largest absolute Gasteiger partial charge is 0.330 e. The van der Waals surface area contributed by atoms with Gasteiger partial charge in [0.25, 0.3) is 0 Å². The van der Waals surface area contributed by atoms with E-state index in [0.29, 0.717) is 12.5 Å². The highest BCUT2D eigenvalue weighted by Gasteiger charge is 2.17. The number of rotatable bonds is 4. The molecule has 1 aromatic rings. The van der Waals surface area contributed by atoms with Gasteiger partial charge in [-0.1, -0.05) is 12.8 Å². The standard InChI is InChI=1S/C12H19N3/c13-7-3-6-12-14-8-11(9-15-12)10-4-1-2-5-10/h8-10H,1-7,13H2. The van der Waals surface area contributed by atoms with Gasteiger partial charge in [0.05, 0.1) is 0 Å². The van der Waals surface area contributed by atoms with Crippen LogP contribution in [0, 0.1) is 0 Å². The van der Waals surface area contributed by atoms with Crippen LogP contribution in [0.3, 0.4) is 0 Å². The third-order valence-corrected chi connectivity index (χ3v) is 3.16. The summed E-state index contributed by atoms with van der Waals surface area (Å²) in [5.74, 6) is 1.65. The van der Waals surface area contributed by atoms with Gasteiger partial charge in [0.15, 0.2) is 0 Å². The van der Waals surface area contributed by atoms with E-state index >= 15 is 0 Å². The van der Waals surface area contributed by atoms with Crippen molar-refractivity contribution >= 4 is 0 Å². The van der Waals surface area contributed by atoms with E-state index in [0.717, 1.165) is 18.7 Å². The lowest BCUT2D eigenvalue weighted by molar-refractivity contribution is 0.703. The van der Waals surface area contributed by atoms with Gasteiger partial charge in [-0.3, -0.25) is 0 Å². The van der Waals surface area contributed by atoms with Gasteiger partial charge < -0.3 is 5.73 Å². The minimum absolute atomic E-state index is 0.716. The maximum atomic E-state index is 5.45. The molecule has 1 aliphatic rings. The molecule has 1 aromatic heterocycles. The van der Waals surface area contributed by atoms with Crippen LogP contribution < -0.4 is 5.73 Å². The Labute approximate surface area is 91.1 Å². The van der Waals surface area contributed by atoms with Crippen molar-refractivity contribution < 1.29 is 0 Å². The molecule has 0 aromatic carbocycles. The third kappa shape index (κ3) is 2.75.